The first-order valence-corrected chi connectivity index (χ1v) is 8.25. The number of aliphatic carboxylic acids is 1. The highest BCUT2D eigenvalue weighted by atomic mass is 32.2. The van der Waals surface area contributed by atoms with E-state index in [4.69, 9.17) is 9.84 Å². The summed E-state index contributed by atoms with van der Waals surface area (Å²) in [5.41, 5.74) is 0. The van der Waals surface area contributed by atoms with Gasteiger partial charge in [0.1, 0.15) is 0 Å². The van der Waals surface area contributed by atoms with Gasteiger partial charge >= 0.3 is 5.97 Å². The minimum Gasteiger partial charge on any atom is -0.481 e. The lowest BCUT2D eigenvalue weighted by Gasteiger charge is -2.44. The lowest BCUT2D eigenvalue weighted by Crippen LogP contribution is -2.60. The molecule has 116 valence electrons. The summed E-state index contributed by atoms with van der Waals surface area (Å²) in [7, 11) is -3.49. The molecule has 1 N–H and O–H groups in total. The Labute approximate surface area is 119 Å². The molecule has 0 aliphatic carbocycles. The monoisotopic (exact) mass is 306 g/mol. The average molecular weight is 306 g/mol. The zero-order valence-electron chi connectivity index (χ0n) is 12.0. The fourth-order valence-corrected chi connectivity index (χ4v) is 4.54. The van der Waals surface area contributed by atoms with Crippen LogP contribution in [0.25, 0.3) is 0 Å². The predicted molar refractivity (Wildman–Crippen MR) is 72.4 cm³/mol. The standard InChI is InChI=1S/C12H22N2O5S/c1-8-4-13(5-9(2)19-8)20(17,18)14-6-11(7-14)10(3)12(15)16/h8-11H,4-7H2,1-3H3,(H,15,16). The SMILES string of the molecule is CC1CN(S(=O)(=O)N2CC(C(C)C(=O)O)C2)CC(C)O1. The van der Waals surface area contributed by atoms with Gasteiger partial charge in [0.15, 0.2) is 0 Å². The van der Waals surface area contributed by atoms with E-state index in [9.17, 15) is 13.2 Å². The maximum Gasteiger partial charge on any atom is 0.306 e. The van der Waals surface area contributed by atoms with Gasteiger partial charge in [-0.1, -0.05) is 6.92 Å². The van der Waals surface area contributed by atoms with Gasteiger partial charge in [0, 0.05) is 26.2 Å². The van der Waals surface area contributed by atoms with Crippen molar-refractivity contribution in [3.63, 3.8) is 0 Å². The van der Waals surface area contributed by atoms with Crippen molar-refractivity contribution in [2.75, 3.05) is 26.2 Å². The van der Waals surface area contributed by atoms with Crippen LogP contribution in [0.3, 0.4) is 0 Å². The van der Waals surface area contributed by atoms with E-state index in [2.05, 4.69) is 0 Å². The van der Waals surface area contributed by atoms with E-state index in [1.165, 1.54) is 8.61 Å². The van der Waals surface area contributed by atoms with Crippen molar-refractivity contribution in [1.82, 2.24) is 8.61 Å². The van der Waals surface area contributed by atoms with Crippen LogP contribution in [-0.2, 0) is 19.7 Å². The molecule has 3 unspecified atom stereocenters. The van der Waals surface area contributed by atoms with E-state index in [1.807, 2.05) is 13.8 Å². The molecule has 2 saturated heterocycles. The minimum absolute atomic E-state index is 0.0989. The van der Waals surface area contributed by atoms with Gasteiger partial charge in [0.05, 0.1) is 18.1 Å². The average Bonchev–Trinajstić information content (AvgIpc) is 2.24. The second-order valence-corrected chi connectivity index (χ2v) is 7.71. The van der Waals surface area contributed by atoms with Crippen molar-refractivity contribution in [1.29, 1.82) is 0 Å². The molecule has 7 nitrogen and oxygen atoms in total. The molecular formula is C12H22N2O5S. The van der Waals surface area contributed by atoms with Gasteiger partial charge in [-0.25, -0.2) is 0 Å². The summed E-state index contributed by atoms with van der Waals surface area (Å²) in [5.74, 6) is -1.48. The van der Waals surface area contributed by atoms with Crippen molar-refractivity contribution < 1.29 is 23.1 Å². The molecule has 2 rings (SSSR count). The smallest absolute Gasteiger partial charge is 0.306 e. The molecule has 0 aromatic rings. The fraction of sp³-hybridized carbons (Fsp3) is 0.917. The number of carboxylic acids is 1. The summed E-state index contributed by atoms with van der Waals surface area (Å²) in [6.45, 7) is 6.60. The van der Waals surface area contributed by atoms with Crippen LogP contribution in [0.15, 0.2) is 0 Å². The van der Waals surface area contributed by atoms with Gasteiger partial charge in [-0.2, -0.15) is 17.0 Å². The van der Waals surface area contributed by atoms with Crippen molar-refractivity contribution in [2.24, 2.45) is 11.8 Å². The van der Waals surface area contributed by atoms with Crippen LogP contribution in [0.1, 0.15) is 20.8 Å². The molecule has 0 saturated carbocycles. The van der Waals surface area contributed by atoms with Crippen molar-refractivity contribution in [3.8, 4) is 0 Å². The number of morpholine rings is 1. The summed E-state index contributed by atoms with van der Waals surface area (Å²) in [4.78, 5) is 10.9. The Bertz CT molecular complexity index is 464. The van der Waals surface area contributed by atoms with E-state index in [0.29, 0.717) is 13.1 Å². The van der Waals surface area contributed by atoms with Crippen LogP contribution in [0.2, 0.25) is 0 Å². The Morgan fingerprint density at radius 2 is 1.60 bits per heavy atom. The largest absolute Gasteiger partial charge is 0.481 e. The number of ether oxygens (including phenoxy) is 1. The first-order valence-electron chi connectivity index (χ1n) is 6.85. The molecule has 0 radical (unpaired) electrons. The Hall–Kier alpha value is -0.700. The molecule has 0 amide bonds. The molecule has 8 heteroatoms. The quantitative estimate of drug-likeness (QED) is 0.789. The van der Waals surface area contributed by atoms with Gasteiger partial charge in [-0.3, -0.25) is 4.79 Å². The van der Waals surface area contributed by atoms with Crippen molar-refractivity contribution >= 4 is 16.2 Å². The fourth-order valence-electron chi connectivity index (χ4n) is 2.66. The van der Waals surface area contributed by atoms with Crippen molar-refractivity contribution in [2.45, 2.75) is 33.0 Å². The molecule has 2 fully saturated rings. The molecule has 0 aromatic heterocycles. The van der Waals surface area contributed by atoms with E-state index in [0.717, 1.165) is 0 Å². The Morgan fingerprint density at radius 1 is 1.15 bits per heavy atom. The molecular weight excluding hydrogens is 284 g/mol. The molecule has 0 spiro atoms. The molecule has 0 aromatic carbocycles. The van der Waals surface area contributed by atoms with E-state index in [-0.39, 0.29) is 31.2 Å². The van der Waals surface area contributed by atoms with Crippen LogP contribution in [-0.4, -0.2) is 66.5 Å². The van der Waals surface area contributed by atoms with Gasteiger partial charge in [0.2, 0.25) is 0 Å². The molecule has 2 aliphatic rings. The number of hydrogen-bond acceptors (Lipinski definition) is 4. The Morgan fingerprint density at radius 3 is 2.05 bits per heavy atom. The third kappa shape index (κ3) is 2.98. The molecule has 3 atom stereocenters. The topological polar surface area (TPSA) is 87.2 Å². The lowest BCUT2D eigenvalue weighted by molar-refractivity contribution is -0.144. The summed E-state index contributed by atoms with van der Waals surface area (Å²) < 4.78 is 33.2. The highest BCUT2D eigenvalue weighted by Gasteiger charge is 2.44. The summed E-state index contributed by atoms with van der Waals surface area (Å²) in [6, 6.07) is 0. The van der Waals surface area contributed by atoms with Crippen LogP contribution < -0.4 is 0 Å². The van der Waals surface area contributed by atoms with Gasteiger partial charge in [-0.05, 0) is 19.8 Å². The lowest BCUT2D eigenvalue weighted by atomic mass is 9.89. The summed E-state index contributed by atoms with van der Waals surface area (Å²) in [5, 5.41) is 8.93. The van der Waals surface area contributed by atoms with Gasteiger partial charge in [-0.15, -0.1) is 0 Å². The van der Waals surface area contributed by atoms with Crippen LogP contribution in [0, 0.1) is 11.8 Å². The molecule has 0 bridgehead atoms. The second-order valence-electron chi connectivity index (χ2n) is 5.79. The maximum absolute atomic E-state index is 12.4. The van der Waals surface area contributed by atoms with Crippen LogP contribution in [0.5, 0.6) is 0 Å². The highest BCUT2D eigenvalue weighted by Crippen LogP contribution is 2.29. The highest BCUT2D eigenvalue weighted by molar-refractivity contribution is 7.86. The van der Waals surface area contributed by atoms with E-state index >= 15 is 0 Å². The second kappa shape index (κ2) is 5.59. The number of carboxylic acid groups (broad SMARTS) is 1. The normalized spacial score (nSPS) is 31.8. The molecule has 2 aliphatic heterocycles. The zero-order chi connectivity index (χ0) is 15.1. The van der Waals surface area contributed by atoms with Crippen LogP contribution in [0.4, 0.5) is 0 Å². The maximum atomic E-state index is 12.4. The van der Waals surface area contributed by atoms with Gasteiger partial charge < -0.3 is 9.84 Å². The van der Waals surface area contributed by atoms with Crippen LogP contribution >= 0.6 is 0 Å². The number of rotatable bonds is 4. The van der Waals surface area contributed by atoms with Gasteiger partial charge in [0.25, 0.3) is 10.2 Å². The predicted octanol–water partition coefficient (Wildman–Crippen LogP) is -0.00710. The van der Waals surface area contributed by atoms with E-state index < -0.39 is 22.1 Å². The Kier molecular flexibility index (Phi) is 4.38. The van der Waals surface area contributed by atoms with E-state index in [1.54, 1.807) is 6.92 Å². The summed E-state index contributed by atoms with van der Waals surface area (Å²) in [6.07, 6.45) is -0.243. The Balaban J connectivity index is 1.97. The third-order valence-electron chi connectivity index (χ3n) is 4.01. The zero-order valence-corrected chi connectivity index (χ0v) is 12.8. The number of carbonyl (C=O) groups is 1. The first-order chi connectivity index (χ1) is 9.21. The first kappa shape index (κ1) is 15.7. The third-order valence-corrected chi connectivity index (χ3v) is 5.91. The summed E-state index contributed by atoms with van der Waals surface area (Å²) >= 11 is 0. The molecule has 20 heavy (non-hydrogen) atoms. The number of nitrogens with zero attached hydrogens (tertiary/aromatic N) is 2. The van der Waals surface area contributed by atoms with Crippen molar-refractivity contribution in [3.05, 3.63) is 0 Å². The minimum atomic E-state index is -3.49. The molecule has 2 heterocycles. The number of hydrogen-bond donors (Lipinski definition) is 1.